The molecule has 0 saturated heterocycles. The molecule has 0 aliphatic carbocycles. The third-order valence-corrected chi connectivity index (χ3v) is 1.66. The van der Waals surface area contributed by atoms with Gasteiger partial charge in [0.15, 0.2) is 0 Å². The molecule has 0 fully saturated rings. The van der Waals surface area contributed by atoms with Crippen molar-refractivity contribution in [3.05, 3.63) is 0 Å². The van der Waals surface area contributed by atoms with Crippen LogP contribution >= 0.6 is 12.2 Å². The first-order valence-corrected chi connectivity index (χ1v) is 3.71. The van der Waals surface area contributed by atoms with Crippen LogP contribution < -0.4 is 11.6 Å². The van der Waals surface area contributed by atoms with E-state index >= 15 is 0 Å². The van der Waals surface area contributed by atoms with Gasteiger partial charge in [-0.05, 0) is 0 Å². The van der Waals surface area contributed by atoms with Gasteiger partial charge in [-0.3, -0.25) is 0 Å². The average molecular weight is 162 g/mol. The lowest BCUT2D eigenvalue weighted by Gasteiger charge is -2.26. The Labute approximate surface area is 67.5 Å². The SMILES string of the molecule is CC(C)C[N+](C)(N)C(N)=S. The van der Waals surface area contributed by atoms with Crippen LogP contribution in [0.15, 0.2) is 0 Å². The minimum absolute atomic E-state index is 0.146. The van der Waals surface area contributed by atoms with Gasteiger partial charge in [-0.15, -0.1) is 0 Å². The van der Waals surface area contributed by atoms with Crippen LogP contribution in [-0.4, -0.2) is 23.3 Å². The van der Waals surface area contributed by atoms with E-state index in [1.807, 2.05) is 7.05 Å². The molecule has 0 aromatic rings. The van der Waals surface area contributed by atoms with Gasteiger partial charge in [-0.25, -0.2) is 0 Å². The van der Waals surface area contributed by atoms with Crippen LogP contribution in [0.1, 0.15) is 13.8 Å². The summed E-state index contributed by atoms with van der Waals surface area (Å²) < 4.78 is 0.146. The molecular formula is C6H16N3S+. The standard InChI is InChI=1S/C6H15N3S/c1-5(2)4-9(3,8)6(7)10/h5H,4,8H2,1-3H3,(H-,7,10)/p+1. The van der Waals surface area contributed by atoms with Gasteiger partial charge in [-0.1, -0.05) is 13.8 Å². The van der Waals surface area contributed by atoms with E-state index in [0.717, 1.165) is 6.54 Å². The maximum Gasteiger partial charge on any atom is 0.286 e. The smallest absolute Gasteiger partial charge is 0.286 e. The highest BCUT2D eigenvalue weighted by molar-refractivity contribution is 7.79. The number of rotatable bonds is 2. The third kappa shape index (κ3) is 3.10. The van der Waals surface area contributed by atoms with Crippen LogP contribution in [0, 0.1) is 5.92 Å². The second kappa shape index (κ2) is 3.27. The second-order valence-corrected chi connectivity index (χ2v) is 3.60. The Kier molecular flexibility index (Phi) is 3.21. The molecule has 0 spiro atoms. The number of nitrogens with zero attached hydrogens (tertiary/aromatic N) is 1. The monoisotopic (exact) mass is 162 g/mol. The normalized spacial score (nSPS) is 16.9. The molecule has 4 heteroatoms. The summed E-state index contributed by atoms with van der Waals surface area (Å²) in [6.07, 6.45) is 0. The molecule has 0 saturated carbocycles. The minimum Gasteiger partial charge on any atom is -0.343 e. The van der Waals surface area contributed by atoms with Crippen LogP contribution in [0.5, 0.6) is 0 Å². The summed E-state index contributed by atoms with van der Waals surface area (Å²) in [7, 11) is 1.81. The Hall–Kier alpha value is -0.190. The van der Waals surface area contributed by atoms with E-state index in [1.165, 1.54) is 0 Å². The predicted octanol–water partition coefficient (Wildman–Crippen LogP) is 0.206. The molecule has 0 amide bonds. The lowest BCUT2D eigenvalue weighted by molar-refractivity contribution is -0.835. The largest absolute Gasteiger partial charge is 0.343 e. The van der Waals surface area contributed by atoms with E-state index in [2.05, 4.69) is 13.8 Å². The summed E-state index contributed by atoms with van der Waals surface area (Å²) >= 11 is 4.78. The van der Waals surface area contributed by atoms with Crippen LogP contribution in [0.25, 0.3) is 0 Å². The fraction of sp³-hybridized carbons (Fsp3) is 0.833. The molecule has 3 nitrogen and oxygen atoms in total. The van der Waals surface area contributed by atoms with Crippen molar-refractivity contribution in [1.29, 1.82) is 0 Å². The zero-order valence-corrected chi connectivity index (χ0v) is 7.61. The summed E-state index contributed by atoms with van der Waals surface area (Å²) in [5.41, 5.74) is 5.40. The summed E-state index contributed by atoms with van der Waals surface area (Å²) in [5.74, 6) is 6.24. The van der Waals surface area contributed by atoms with E-state index in [-0.39, 0.29) is 4.59 Å². The number of hydrogen-bond donors (Lipinski definition) is 2. The maximum absolute atomic E-state index is 5.73. The van der Waals surface area contributed by atoms with Crippen molar-refractivity contribution >= 4 is 17.3 Å². The fourth-order valence-corrected chi connectivity index (χ4v) is 0.923. The van der Waals surface area contributed by atoms with Gasteiger partial charge in [0.25, 0.3) is 5.11 Å². The molecule has 0 radical (unpaired) electrons. The van der Waals surface area contributed by atoms with Crippen molar-refractivity contribution < 1.29 is 4.59 Å². The van der Waals surface area contributed by atoms with Crippen molar-refractivity contribution in [2.45, 2.75) is 13.8 Å². The first-order valence-electron chi connectivity index (χ1n) is 3.30. The molecule has 0 aliphatic heterocycles. The molecule has 1 unspecified atom stereocenters. The quantitative estimate of drug-likeness (QED) is 0.264. The molecule has 10 heavy (non-hydrogen) atoms. The van der Waals surface area contributed by atoms with Crippen molar-refractivity contribution in [3.63, 3.8) is 0 Å². The molecule has 0 rings (SSSR count). The Balaban J connectivity index is 4.00. The average Bonchev–Trinajstić information content (AvgIpc) is 1.60. The fourth-order valence-electron chi connectivity index (χ4n) is 0.849. The minimum atomic E-state index is 0.146. The Morgan fingerprint density at radius 1 is 1.60 bits per heavy atom. The van der Waals surface area contributed by atoms with Gasteiger partial charge >= 0.3 is 0 Å². The number of quaternary nitrogens is 1. The molecule has 0 aliphatic rings. The van der Waals surface area contributed by atoms with Crippen LogP contribution in [0.3, 0.4) is 0 Å². The van der Waals surface area contributed by atoms with Crippen molar-refractivity contribution in [2.75, 3.05) is 13.6 Å². The Morgan fingerprint density at radius 3 is 2.10 bits per heavy atom. The zero-order chi connectivity index (χ0) is 8.36. The maximum atomic E-state index is 5.73. The molecule has 0 bridgehead atoms. The molecule has 1 atom stereocenters. The van der Waals surface area contributed by atoms with E-state index in [0.29, 0.717) is 11.0 Å². The highest BCUT2D eigenvalue weighted by atomic mass is 32.1. The predicted molar refractivity (Wildman–Crippen MR) is 46.9 cm³/mol. The van der Waals surface area contributed by atoms with E-state index in [4.69, 9.17) is 23.8 Å². The lowest BCUT2D eigenvalue weighted by Crippen LogP contribution is -2.59. The Morgan fingerprint density at radius 2 is 2.00 bits per heavy atom. The van der Waals surface area contributed by atoms with Crippen molar-refractivity contribution in [1.82, 2.24) is 0 Å². The second-order valence-electron chi connectivity index (χ2n) is 3.18. The summed E-state index contributed by atoms with van der Waals surface area (Å²) in [4.78, 5) is 0. The zero-order valence-electron chi connectivity index (χ0n) is 6.79. The number of thiocarbonyl (C=S) groups is 1. The van der Waals surface area contributed by atoms with Crippen LogP contribution in [0.2, 0.25) is 0 Å². The summed E-state index contributed by atoms with van der Waals surface area (Å²) in [6, 6.07) is 0. The van der Waals surface area contributed by atoms with E-state index < -0.39 is 0 Å². The van der Waals surface area contributed by atoms with Crippen LogP contribution in [-0.2, 0) is 0 Å². The molecule has 0 aromatic heterocycles. The highest BCUT2D eigenvalue weighted by Crippen LogP contribution is 2.00. The molecule has 60 valence electrons. The van der Waals surface area contributed by atoms with Gasteiger partial charge in [0.05, 0.1) is 7.05 Å². The first kappa shape index (κ1) is 9.81. The third-order valence-electron chi connectivity index (χ3n) is 1.25. The van der Waals surface area contributed by atoms with Gasteiger partial charge in [0.2, 0.25) is 0 Å². The van der Waals surface area contributed by atoms with E-state index in [1.54, 1.807) is 0 Å². The topological polar surface area (TPSA) is 52.0 Å². The molecule has 0 heterocycles. The van der Waals surface area contributed by atoms with E-state index in [9.17, 15) is 0 Å². The summed E-state index contributed by atoms with van der Waals surface area (Å²) in [6.45, 7) is 4.96. The molecule has 0 aromatic carbocycles. The highest BCUT2D eigenvalue weighted by Gasteiger charge is 2.21. The first-order chi connectivity index (χ1) is 4.36. The van der Waals surface area contributed by atoms with Gasteiger partial charge in [-0.2, -0.15) is 10.4 Å². The Bertz CT molecular complexity index is 131. The lowest BCUT2D eigenvalue weighted by atomic mass is 10.2. The molecule has 4 N–H and O–H groups in total. The molecular weight excluding hydrogens is 146 g/mol. The number of hydrogen-bond acceptors (Lipinski definition) is 2. The van der Waals surface area contributed by atoms with Gasteiger partial charge in [0, 0.05) is 18.1 Å². The van der Waals surface area contributed by atoms with Gasteiger partial charge in [0.1, 0.15) is 6.54 Å². The number of nitrogens with two attached hydrogens (primary N) is 2. The van der Waals surface area contributed by atoms with Gasteiger partial charge < -0.3 is 5.73 Å². The van der Waals surface area contributed by atoms with Crippen molar-refractivity contribution in [3.8, 4) is 0 Å². The van der Waals surface area contributed by atoms with Crippen LogP contribution in [0.4, 0.5) is 0 Å². The van der Waals surface area contributed by atoms with Crippen molar-refractivity contribution in [2.24, 2.45) is 17.5 Å². The summed E-state index contributed by atoms with van der Waals surface area (Å²) in [5, 5.41) is 0.341.